The molecule has 0 N–H and O–H groups in total. The fourth-order valence-corrected chi connectivity index (χ4v) is 3.04. The second-order valence-corrected chi connectivity index (χ2v) is 6.74. The minimum Gasteiger partial charge on any atom is -0.381 e. The number of ether oxygens (including phenoxy) is 1. The van der Waals surface area contributed by atoms with Crippen molar-refractivity contribution in [2.45, 2.75) is 24.7 Å². The number of hydrogen-bond acceptors (Lipinski definition) is 5. The molecule has 0 atom stereocenters. The maximum absolute atomic E-state index is 12.1. The maximum Gasteiger partial charge on any atom is 0.297 e. The van der Waals surface area contributed by atoms with Crippen LogP contribution in [0.2, 0.25) is 0 Å². The summed E-state index contributed by atoms with van der Waals surface area (Å²) in [4.78, 5) is 11.4. The highest BCUT2D eigenvalue weighted by molar-refractivity contribution is 7.86. The second kappa shape index (κ2) is 6.03. The zero-order chi connectivity index (χ0) is 14.6. The number of aldehydes is 1. The van der Waals surface area contributed by atoms with Crippen molar-refractivity contribution in [3.8, 4) is 0 Å². The molecule has 1 heterocycles. The lowest BCUT2D eigenvalue weighted by atomic mass is 9.83. The largest absolute Gasteiger partial charge is 0.381 e. The van der Waals surface area contributed by atoms with Gasteiger partial charge in [0, 0.05) is 13.2 Å². The van der Waals surface area contributed by atoms with Crippen molar-refractivity contribution >= 4 is 16.4 Å². The third kappa shape index (κ3) is 3.45. The van der Waals surface area contributed by atoms with Gasteiger partial charge in [0.2, 0.25) is 0 Å². The van der Waals surface area contributed by atoms with Crippen molar-refractivity contribution in [1.29, 1.82) is 0 Å². The molecule has 2 rings (SSSR count). The molecule has 0 amide bonds. The molecule has 6 heteroatoms. The van der Waals surface area contributed by atoms with Crippen molar-refractivity contribution in [3.05, 3.63) is 29.8 Å². The second-order valence-electron chi connectivity index (χ2n) is 5.12. The molecule has 0 radical (unpaired) electrons. The van der Waals surface area contributed by atoms with Crippen molar-refractivity contribution in [1.82, 2.24) is 0 Å². The lowest BCUT2D eigenvalue weighted by molar-refractivity contribution is -0.123. The molecular formula is C14H18O5S. The van der Waals surface area contributed by atoms with Crippen LogP contribution in [0, 0.1) is 12.3 Å². The van der Waals surface area contributed by atoms with Crippen LogP contribution in [0.15, 0.2) is 29.2 Å². The topological polar surface area (TPSA) is 69.7 Å². The van der Waals surface area contributed by atoms with E-state index in [1.165, 1.54) is 12.1 Å². The van der Waals surface area contributed by atoms with E-state index < -0.39 is 15.5 Å². The highest BCUT2D eigenvalue weighted by Crippen LogP contribution is 2.29. The van der Waals surface area contributed by atoms with Crippen LogP contribution in [-0.2, 0) is 23.8 Å². The van der Waals surface area contributed by atoms with Gasteiger partial charge in [-0.3, -0.25) is 4.18 Å². The van der Waals surface area contributed by atoms with Gasteiger partial charge >= 0.3 is 0 Å². The molecule has 0 unspecified atom stereocenters. The first-order valence-corrected chi connectivity index (χ1v) is 7.88. The summed E-state index contributed by atoms with van der Waals surface area (Å²) in [6.45, 7) is 2.65. The highest BCUT2D eigenvalue weighted by atomic mass is 32.2. The Balaban J connectivity index is 2.08. The number of hydrogen-bond donors (Lipinski definition) is 0. The average molecular weight is 298 g/mol. The normalized spacial score (nSPS) is 18.6. The van der Waals surface area contributed by atoms with Gasteiger partial charge in [-0.1, -0.05) is 17.7 Å². The Morgan fingerprint density at radius 2 is 1.85 bits per heavy atom. The molecule has 1 fully saturated rings. The smallest absolute Gasteiger partial charge is 0.297 e. The summed E-state index contributed by atoms with van der Waals surface area (Å²) in [5.74, 6) is 0. The maximum atomic E-state index is 12.1. The number of aryl methyl sites for hydroxylation is 1. The van der Waals surface area contributed by atoms with Gasteiger partial charge < -0.3 is 9.53 Å². The monoisotopic (exact) mass is 298 g/mol. The van der Waals surface area contributed by atoms with Gasteiger partial charge in [-0.25, -0.2) is 0 Å². The van der Waals surface area contributed by atoms with E-state index in [0.29, 0.717) is 26.1 Å². The van der Waals surface area contributed by atoms with Gasteiger partial charge in [-0.15, -0.1) is 0 Å². The summed E-state index contributed by atoms with van der Waals surface area (Å²) < 4.78 is 34.4. The fraction of sp³-hybridized carbons (Fsp3) is 0.500. The predicted octanol–water partition coefficient (Wildman–Crippen LogP) is 1.70. The molecule has 0 spiro atoms. The molecule has 110 valence electrons. The van der Waals surface area contributed by atoms with E-state index in [4.69, 9.17) is 8.92 Å². The summed E-state index contributed by atoms with van der Waals surface area (Å²) in [6.07, 6.45) is 1.76. The molecule has 0 aliphatic carbocycles. The highest BCUT2D eigenvalue weighted by Gasteiger charge is 2.34. The van der Waals surface area contributed by atoms with Crippen LogP contribution in [0.25, 0.3) is 0 Å². The lowest BCUT2D eigenvalue weighted by Crippen LogP contribution is -2.36. The molecule has 1 aromatic carbocycles. The van der Waals surface area contributed by atoms with Crippen LogP contribution in [0.5, 0.6) is 0 Å². The van der Waals surface area contributed by atoms with Gasteiger partial charge in [0.15, 0.2) is 0 Å². The summed E-state index contributed by atoms with van der Waals surface area (Å²) in [5.41, 5.74) is 0.216. The van der Waals surface area contributed by atoms with Gasteiger partial charge in [0.1, 0.15) is 6.29 Å². The van der Waals surface area contributed by atoms with Crippen LogP contribution in [0.3, 0.4) is 0 Å². The lowest BCUT2D eigenvalue weighted by Gasteiger charge is -2.31. The van der Waals surface area contributed by atoms with Crippen molar-refractivity contribution in [3.63, 3.8) is 0 Å². The molecule has 1 aliphatic heterocycles. The van der Waals surface area contributed by atoms with E-state index in [-0.39, 0.29) is 11.5 Å². The molecule has 1 aromatic rings. The SMILES string of the molecule is Cc1ccc(S(=O)(=O)OCC2(C=O)CCOCC2)cc1. The van der Waals surface area contributed by atoms with Crippen molar-refractivity contribution < 1.29 is 22.1 Å². The number of carbonyl (C=O) groups excluding carboxylic acids is 1. The molecule has 0 bridgehead atoms. The molecule has 1 aliphatic rings. The first kappa shape index (κ1) is 15.2. The molecular weight excluding hydrogens is 280 g/mol. The fourth-order valence-electron chi connectivity index (χ4n) is 2.04. The number of carbonyl (C=O) groups is 1. The van der Waals surface area contributed by atoms with Gasteiger partial charge in [-0.05, 0) is 31.9 Å². The van der Waals surface area contributed by atoms with E-state index in [9.17, 15) is 13.2 Å². The van der Waals surface area contributed by atoms with E-state index in [1.807, 2.05) is 6.92 Å². The minimum absolute atomic E-state index is 0.108. The minimum atomic E-state index is -3.82. The third-order valence-electron chi connectivity index (χ3n) is 3.55. The molecule has 0 aromatic heterocycles. The van der Waals surface area contributed by atoms with Gasteiger partial charge in [-0.2, -0.15) is 8.42 Å². The number of rotatable bonds is 5. The Kier molecular flexibility index (Phi) is 4.57. The summed E-state index contributed by atoms with van der Waals surface area (Å²) >= 11 is 0. The summed E-state index contributed by atoms with van der Waals surface area (Å²) in [6, 6.07) is 6.42. The third-order valence-corrected chi connectivity index (χ3v) is 4.83. The molecule has 0 saturated carbocycles. The van der Waals surface area contributed by atoms with Crippen LogP contribution >= 0.6 is 0 Å². The quantitative estimate of drug-likeness (QED) is 0.611. The van der Waals surface area contributed by atoms with Gasteiger partial charge in [0.25, 0.3) is 10.1 Å². The van der Waals surface area contributed by atoms with E-state index in [1.54, 1.807) is 12.1 Å². The van der Waals surface area contributed by atoms with E-state index in [2.05, 4.69) is 0 Å². The zero-order valence-electron chi connectivity index (χ0n) is 11.4. The standard InChI is InChI=1S/C14H18O5S/c1-12-2-4-13(5-3-12)20(16,17)19-11-14(10-15)6-8-18-9-7-14/h2-5,10H,6-9,11H2,1H3. The Bertz CT molecular complexity index is 556. The van der Waals surface area contributed by atoms with Crippen LogP contribution in [0.4, 0.5) is 0 Å². The van der Waals surface area contributed by atoms with Gasteiger partial charge in [0.05, 0.1) is 16.9 Å². The zero-order valence-corrected chi connectivity index (χ0v) is 12.2. The Hall–Kier alpha value is -1.24. The van der Waals surface area contributed by atoms with Crippen molar-refractivity contribution in [2.75, 3.05) is 19.8 Å². The van der Waals surface area contributed by atoms with Crippen LogP contribution in [-0.4, -0.2) is 34.5 Å². The summed E-state index contributed by atoms with van der Waals surface area (Å²) in [5, 5.41) is 0. The Morgan fingerprint density at radius 3 is 2.40 bits per heavy atom. The van der Waals surface area contributed by atoms with Crippen LogP contribution in [0.1, 0.15) is 18.4 Å². The average Bonchev–Trinajstić information content (AvgIpc) is 2.47. The Labute approximate surface area is 119 Å². The van der Waals surface area contributed by atoms with E-state index >= 15 is 0 Å². The first-order valence-electron chi connectivity index (χ1n) is 6.48. The predicted molar refractivity (Wildman–Crippen MR) is 72.9 cm³/mol. The molecule has 1 saturated heterocycles. The van der Waals surface area contributed by atoms with Crippen molar-refractivity contribution in [2.24, 2.45) is 5.41 Å². The molecule has 20 heavy (non-hydrogen) atoms. The Morgan fingerprint density at radius 1 is 1.25 bits per heavy atom. The first-order chi connectivity index (χ1) is 9.47. The van der Waals surface area contributed by atoms with Crippen LogP contribution < -0.4 is 0 Å². The molecule has 5 nitrogen and oxygen atoms in total. The van der Waals surface area contributed by atoms with E-state index in [0.717, 1.165) is 11.8 Å². The summed E-state index contributed by atoms with van der Waals surface area (Å²) in [7, 11) is -3.82. The number of benzene rings is 1.